The smallest absolute Gasteiger partial charge is 0.118 e. The highest BCUT2D eigenvalue weighted by atomic mass is 32.2. The van der Waals surface area contributed by atoms with Crippen molar-refractivity contribution in [1.82, 2.24) is 5.32 Å². The summed E-state index contributed by atoms with van der Waals surface area (Å²) >= 11 is 1.88. The Labute approximate surface area is 125 Å². The van der Waals surface area contributed by atoms with E-state index in [1.807, 2.05) is 23.9 Å². The second kappa shape index (κ2) is 7.01. The van der Waals surface area contributed by atoms with Gasteiger partial charge in [-0.2, -0.15) is 5.26 Å². The molecule has 0 heterocycles. The Morgan fingerprint density at radius 2 is 2.20 bits per heavy atom. The molecule has 1 aromatic rings. The van der Waals surface area contributed by atoms with E-state index < -0.39 is 0 Å². The van der Waals surface area contributed by atoms with Crippen LogP contribution < -0.4 is 10.1 Å². The molecule has 1 aliphatic carbocycles. The minimum absolute atomic E-state index is 0.322. The molecule has 0 bridgehead atoms. The zero-order chi connectivity index (χ0) is 14.4. The van der Waals surface area contributed by atoms with Gasteiger partial charge in [0.25, 0.3) is 0 Å². The molecule has 0 spiro atoms. The molecule has 1 aliphatic rings. The van der Waals surface area contributed by atoms with Crippen LogP contribution in [0, 0.1) is 11.3 Å². The monoisotopic (exact) mass is 290 g/mol. The first-order valence-corrected chi connectivity index (χ1v) is 8.06. The maximum Gasteiger partial charge on any atom is 0.118 e. The molecular formula is C16H22N2OS. The van der Waals surface area contributed by atoms with Gasteiger partial charge in [0.15, 0.2) is 0 Å². The van der Waals surface area contributed by atoms with E-state index in [1.54, 1.807) is 7.11 Å². The molecule has 0 saturated heterocycles. The molecule has 1 saturated carbocycles. The Hall–Kier alpha value is -1.18. The summed E-state index contributed by atoms with van der Waals surface area (Å²) in [5.74, 6) is 0.886. The molecule has 20 heavy (non-hydrogen) atoms. The maximum absolute atomic E-state index is 9.49. The van der Waals surface area contributed by atoms with Gasteiger partial charge in [0.1, 0.15) is 11.3 Å². The first-order chi connectivity index (χ1) is 9.71. The fraction of sp³-hybridized carbons (Fsp3) is 0.562. The van der Waals surface area contributed by atoms with Gasteiger partial charge in [0.05, 0.1) is 13.2 Å². The number of hydrogen-bond acceptors (Lipinski definition) is 4. The van der Waals surface area contributed by atoms with E-state index in [0.717, 1.165) is 31.6 Å². The van der Waals surface area contributed by atoms with Crippen molar-refractivity contribution >= 4 is 11.8 Å². The molecular weight excluding hydrogens is 268 g/mol. The zero-order valence-corrected chi connectivity index (χ0v) is 13.0. The number of methoxy groups -OCH3 is 1. The van der Waals surface area contributed by atoms with E-state index in [2.05, 4.69) is 30.4 Å². The number of benzene rings is 1. The van der Waals surface area contributed by atoms with Crippen LogP contribution in [0.2, 0.25) is 0 Å². The lowest BCUT2D eigenvalue weighted by Gasteiger charge is -2.36. The quantitative estimate of drug-likeness (QED) is 0.900. The van der Waals surface area contributed by atoms with E-state index in [-0.39, 0.29) is 5.54 Å². The van der Waals surface area contributed by atoms with Crippen molar-refractivity contribution in [2.45, 2.75) is 48.3 Å². The molecule has 108 valence electrons. The van der Waals surface area contributed by atoms with Gasteiger partial charge in [-0.1, -0.05) is 6.92 Å². The Bertz CT molecular complexity index is 464. The number of nitrogens with one attached hydrogen (secondary N) is 1. The molecule has 1 fully saturated rings. The van der Waals surface area contributed by atoms with Crippen molar-refractivity contribution in [1.29, 1.82) is 5.26 Å². The third-order valence-corrected chi connectivity index (χ3v) is 5.08. The van der Waals surface area contributed by atoms with Crippen molar-refractivity contribution in [3.63, 3.8) is 0 Å². The molecule has 0 radical (unpaired) electrons. The largest absolute Gasteiger partial charge is 0.497 e. The summed E-state index contributed by atoms with van der Waals surface area (Å²) in [5.41, 5.74) is -0.322. The molecule has 2 rings (SSSR count). The number of nitrogens with zero attached hydrogens (tertiary/aromatic N) is 1. The maximum atomic E-state index is 9.49. The van der Waals surface area contributed by atoms with Gasteiger partial charge < -0.3 is 4.74 Å². The molecule has 2 unspecified atom stereocenters. The van der Waals surface area contributed by atoms with Crippen LogP contribution in [0.25, 0.3) is 0 Å². The molecule has 1 aromatic carbocycles. The number of rotatable bonds is 5. The fourth-order valence-electron chi connectivity index (χ4n) is 2.81. The SMILES string of the molecule is CCNC1(C#N)CCCC(Sc2ccc(OC)cc2)C1. The Balaban J connectivity index is 2.00. The Kier molecular flexibility index (Phi) is 5.33. The van der Waals surface area contributed by atoms with Gasteiger partial charge in [-0.3, -0.25) is 5.32 Å². The van der Waals surface area contributed by atoms with E-state index in [4.69, 9.17) is 4.74 Å². The second-order valence-corrected chi connectivity index (χ2v) is 6.61. The van der Waals surface area contributed by atoms with Gasteiger partial charge >= 0.3 is 0 Å². The number of ether oxygens (including phenoxy) is 1. The van der Waals surface area contributed by atoms with Crippen LogP contribution in [0.3, 0.4) is 0 Å². The summed E-state index contributed by atoms with van der Waals surface area (Å²) in [5, 5.41) is 13.4. The van der Waals surface area contributed by atoms with Gasteiger partial charge in [0.2, 0.25) is 0 Å². The third-order valence-electron chi connectivity index (χ3n) is 3.80. The highest BCUT2D eigenvalue weighted by Crippen LogP contribution is 2.38. The summed E-state index contributed by atoms with van der Waals surface area (Å²) in [7, 11) is 1.68. The molecule has 3 nitrogen and oxygen atoms in total. The molecule has 0 amide bonds. The van der Waals surface area contributed by atoms with Crippen molar-refractivity contribution in [3.05, 3.63) is 24.3 Å². The molecule has 1 N–H and O–H groups in total. The van der Waals surface area contributed by atoms with Crippen molar-refractivity contribution in [2.75, 3.05) is 13.7 Å². The summed E-state index contributed by atoms with van der Waals surface area (Å²) in [4.78, 5) is 1.25. The zero-order valence-electron chi connectivity index (χ0n) is 12.2. The van der Waals surface area contributed by atoms with Crippen LogP contribution in [-0.2, 0) is 0 Å². The van der Waals surface area contributed by atoms with Gasteiger partial charge in [0, 0.05) is 10.1 Å². The van der Waals surface area contributed by atoms with Crippen LogP contribution in [0.4, 0.5) is 0 Å². The fourth-order valence-corrected chi connectivity index (χ4v) is 4.14. The van der Waals surface area contributed by atoms with Gasteiger partial charge in [-0.25, -0.2) is 0 Å². The first kappa shape index (κ1) is 15.2. The highest BCUT2D eigenvalue weighted by Gasteiger charge is 2.36. The Morgan fingerprint density at radius 3 is 2.80 bits per heavy atom. The van der Waals surface area contributed by atoms with Crippen molar-refractivity contribution in [3.8, 4) is 11.8 Å². The molecule has 4 heteroatoms. The average Bonchev–Trinajstić information content (AvgIpc) is 2.49. The van der Waals surface area contributed by atoms with Crippen LogP contribution in [-0.4, -0.2) is 24.4 Å². The minimum atomic E-state index is -0.322. The molecule has 0 aromatic heterocycles. The van der Waals surface area contributed by atoms with Gasteiger partial charge in [-0.05, 0) is 56.5 Å². The van der Waals surface area contributed by atoms with E-state index >= 15 is 0 Å². The van der Waals surface area contributed by atoms with Crippen molar-refractivity contribution in [2.24, 2.45) is 0 Å². The number of nitriles is 1. The van der Waals surface area contributed by atoms with Crippen molar-refractivity contribution < 1.29 is 4.74 Å². The lowest BCUT2D eigenvalue weighted by atomic mass is 9.82. The predicted molar refractivity (Wildman–Crippen MR) is 83.1 cm³/mol. The standard InChI is InChI=1S/C16H22N2OS/c1-3-18-16(12-17)10-4-5-15(11-16)20-14-8-6-13(19-2)7-9-14/h6-9,15,18H,3-5,10-11H2,1-2H3. The first-order valence-electron chi connectivity index (χ1n) is 7.18. The predicted octanol–water partition coefficient (Wildman–Crippen LogP) is 3.60. The second-order valence-electron chi connectivity index (χ2n) is 5.24. The minimum Gasteiger partial charge on any atom is -0.497 e. The van der Waals surface area contributed by atoms with Gasteiger partial charge in [-0.15, -0.1) is 11.8 Å². The number of hydrogen-bond donors (Lipinski definition) is 1. The third kappa shape index (κ3) is 3.68. The lowest BCUT2D eigenvalue weighted by molar-refractivity contribution is 0.309. The lowest BCUT2D eigenvalue weighted by Crippen LogP contribution is -2.48. The summed E-state index contributed by atoms with van der Waals surface area (Å²) < 4.78 is 5.18. The topological polar surface area (TPSA) is 45.0 Å². The number of thioether (sulfide) groups is 1. The molecule has 0 aliphatic heterocycles. The Morgan fingerprint density at radius 1 is 1.45 bits per heavy atom. The van der Waals surface area contributed by atoms with E-state index in [9.17, 15) is 5.26 Å². The normalized spacial score (nSPS) is 25.9. The highest BCUT2D eigenvalue weighted by molar-refractivity contribution is 8.00. The van der Waals surface area contributed by atoms with Crippen LogP contribution in [0.1, 0.15) is 32.6 Å². The van der Waals surface area contributed by atoms with Crippen LogP contribution >= 0.6 is 11.8 Å². The summed E-state index contributed by atoms with van der Waals surface area (Å²) in [6, 6.07) is 10.7. The van der Waals surface area contributed by atoms with E-state index in [0.29, 0.717) is 5.25 Å². The summed E-state index contributed by atoms with van der Waals surface area (Å²) in [6.07, 6.45) is 4.20. The van der Waals surface area contributed by atoms with Crippen LogP contribution in [0.15, 0.2) is 29.2 Å². The molecule has 2 atom stereocenters. The van der Waals surface area contributed by atoms with E-state index in [1.165, 1.54) is 11.3 Å². The summed E-state index contributed by atoms with van der Waals surface area (Å²) in [6.45, 7) is 2.92. The van der Waals surface area contributed by atoms with Crippen LogP contribution in [0.5, 0.6) is 5.75 Å². The average molecular weight is 290 g/mol.